The van der Waals surface area contributed by atoms with Gasteiger partial charge in [-0.2, -0.15) is 21.6 Å². The van der Waals surface area contributed by atoms with Crippen molar-refractivity contribution in [3.63, 3.8) is 0 Å². The molecule has 3 saturated heterocycles. The maximum atomic E-state index is 12.1. The molecule has 0 aliphatic carbocycles. The number of rotatable bonds is 20. The summed E-state index contributed by atoms with van der Waals surface area (Å²) in [6.45, 7) is 61.0. The number of nitrogens with zero attached hydrogens (tertiary/aromatic N) is 1. The summed E-state index contributed by atoms with van der Waals surface area (Å²) in [5, 5.41) is 20.1. The van der Waals surface area contributed by atoms with E-state index in [0.717, 1.165) is 49.9 Å². The van der Waals surface area contributed by atoms with Gasteiger partial charge in [-0.05, 0) is 153 Å². The lowest BCUT2D eigenvalue weighted by atomic mass is 9.96. The highest BCUT2D eigenvalue weighted by molar-refractivity contribution is 7.88. The first-order valence-corrected chi connectivity index (χ1v) is 39.4. The van der Waals surface area contributed by atoms with Crippen LogP contribution in [-0.4, -0.2) is 118 Å². The first-order valence-electron chi connectivity index (χ1n) is 32.1. The predicted molar refractivity (Wildman–Crippen MR) is 376 cm³/mol. The summed E-state index contributed by atoms with van der Waals surface area (Å²) < 4.78 is 105. The Bertz CT molecular complexity index is 2350. The molecule has 0 saturated carbocycles. The van der Waals surface area contributed by atoms with Crippen molar-refractivity contribution in [2.75, 3.05) is 0 Å². The monoisotopic (exact) mass is 1340 g/mol. The Morgan fingerprint density at radius 3 is 1.27 bits per heavy atom. The van der Waals surface area contributed by atoms with Crippen LogP contribution in [0.2, 0.25) is 36.3 Å². The molecule has 0 aromatic carbocycles. The normalized spacial score (nSPS) is 23.5. The van der Waals surface area contributed by atoms with Gasteiger partial charge < -0.3 is 46.9 Å². The number of hydrogen-bond acceptors (Lipinski definition) is 13. The molecule has 4 heterocycles. The summed E-state index contributed by atoms with van der Waals surface area (Å²) in [4.78, 5) is 4.17. The number of aliphatic hydroxyl groups is 2. The fourth-order valence-electron chi connectivity index (χ4n) is 8.40. The first-order chi connectivity index (χ1) is 39.2. The van der Waals surface area contributed by atoms with Crippen LogP contribution >= 0.6 is 0 Å². The van der Waals surface area contributed by atoms with E-state index in [1.807, 2.05) is 79.7 Å². The molecule has 90 heavy (non-hydrogen) atoms. The predicted octanol–water partition coefficient (Wildman–Crippen LogP) is 19.5. The van der Waals surface area contributed by atoms with E-state index in [1.165, 1.54) is 13.1 Å². The molecule has 19 heteroatoms. The largest absolute Gasteiger partial charge is 0.522 e. The highest BCUT2D eigenvalue weighted by Gasteiger charge is 2.53. The number of ether oxygens (including phenoxy) is 6. The van der Waals surface area contributed by atoms with E-state index in [-0.39, 0.29) is 76.0 Å². The summed E-state index contributed by atoms with van der Waals surface area (Å²) in [5.41, 5.74) is -3.17. The molecule has 3 fully saturated rings. The maximum absolute atomic E-state index is 12.1. The van der Waals surface area contributed by atoms with Crippen LogP contribution in [0.3, 0.4) is 0 Å². The first kappa shape index (κ1) is 94.4. The highest BCUT2D eigenvalue weighted by Crippen LogP contribution is 2.43. The smallest absolute Gasteiger partial charge is 0.408 e. The fraction of sp³-hybridized carbons (Fsp3) is 0.845. The lowest BCUT2D eigenvalue weighted by Crippen LogP contribution is -2.48. The lowest BCUT2D eigenvalue weighted by Gasteiger charge is -2.40. The zero-order chi connectivity index (χ0) is 68.3. The Hall–Kier alpha value is -2.04. The zero-order valence-electron chi connectivity index (χ0n) is 59.9. The van der Waals surface area contributed by atoms with E-state index in [0.29, 0.717) is 29.6 Å². The third-order valence-corrected chi connectivity index (χ3v) is 28.0. The van der Waals surface area contributed by atoms with E-state index in [9.17, 15) is 31.8 Å². The minimum Gasteiger partial charge on any atom is -0.408 e. The standard InChI is InChI=1S/C22H44O3Si.C16H30O3.C16H28O3.C7H15F3O3SSi.C7H9N.3CH4/c1-12-13-18-20(24-22(8,9)23-18)19(15-14-17(4)16(2)3)25-26(10,11)21(5,6)7;2*1-7-8-14-15(19-16(5,6)18-14)13(17)10-9-12(4)11(2)3;1-6(2,3)15(4,5)13-14(11,12)7(8,9)10;1-6-4-3-5-7(2)8-6;;;/h14-20H,12-13H2,1-11H3;9-15,17H,7-8H2,1-6H3;11-15,17H,7-8H2,1-6H3;1-5H3;3-5H,1-2H3;3*1H4/b15-14-;10-9-;;;;;;/t17-,18+,19?,20+;2*12-,13?,14+,15-;;;;;/m111...../s1. The van der Waals surface area contributed by atoms with Gasteiger partial charge in [0.05, 0.1) is 24.4 Å². The highest BCUT2D eigenvalue weighted by atomic mass is 32.2. The van der Waals surface area contributed by atoms with Crippen LogP contribution in [-0.2, 0) is 46.8 Å². The quantitative estimate of drug-likeness (QED) is 0.0550. The van der Waals surface area contributed by atoms with Crippen LogP contribution in [0, 0.1) is 61.2 Å². The molecule has 1 aromatic heterocycles. The molecular weight excluding hydrogens is 1200 g/mol. The minimum atomic E-state index is -5.48. The summed E-state index contributed by atoms with van der Waals surface area (Å²) in [7, 11) is -10.4. The molecule has 3 unspecified atom stereocenters. The van der Waals surface area contributed by atoms with E-state index >= 15 is 0 Å². The van der Waals surface area contributed by atoms with Crippen molar-refractivity contribution in [2.24, 2.45) is 35.5 Å². The third-order valence-electron chi connectivity index (χ3n) is 16.8. The molecular formula is C71H138F3NO12SSi2. The summed E-state index contributed by atoms with van der Waals surface area (Å²) in [6.07, 6.45) is 12.3. The Labute approximate surface area is 553 Å². The molecule has 534 valence electrons. The summed E-state index contributed by atoms with van der Waals surface area (Å²) >= 11 is 0. The molecule has 3 aliphatic rings. The number of hydrogen-bond donors (Lipinski definition) is 2. The van der Waals surface area contributed by atoms with Crippen LogP contribution in [0.1, 0.15) is 238 Å². The van der Waals surface area contributed by atoms with Gasteiger partial charge in [-0.25, -0.2) is 0 Å². The number of halogens is 3. The van der Waals surface area contributed by atoms with Gasteiger partial charge in [0.1, 0.15) is 30.5 Å². The average molecular weight is 1340 g/mol. The van der Waals surface area contributed by atoms with Crippen LogP contribution < -0.4 is 0 Å². The van der Waals surface area contributed by atoms with Crippen molar-refractivity contribution >= 4 is 26.8 Å². The van der Waals surface area contributed by atoms with Gasteiger partial charge in [-0.3, -0.25) is 4.98 Å². The maximum Gasteiger partial charge on any atom is 0.522 e. The molecule has 13 nitrogen and oxygen atoms in total. The summed E-state index contributed by atoms with van der Waals surface area (Å²) in [5.74, 6) is 7.20. The van der Waals surface area contributed by atoms with Crippen molar-refractivity contribution in [1.29, 1.82) is 0 Å². The Kier molecular flexibility index (Phi) is 41.8. The van der Waals surface area contributed by atoms with Crippen molar-refractivity contribution in [1.82, 2.24) is 4.98 Å². The van der Waals surface area contributed by atoms with Gasteiger partial charge in [-0.15, -0.1) is 0 Å². The average Bonchev–Trinajstić information content (AvgIpc) is 3.96. The van der Waals surface area contributed by atoms with Gasteiger partial charge in [0, 0.05) is 17.3 Å². The van der Waals surface area contributed by atoms with Crippen LogP contribution in [0.15, 0.2) is 42.5 Å². The number of allylic oxidation sites excluding steroid dienone is 2. The van der Waals surface area contributed by atoms with E-state index in [2.05, 4.69) is 156 Å². The second-order valence-corrected chi connectivity index (χ2v) is 40.8. The molecule has 0 bridgehead atoms. The number of aromatic nitrogens is 1. The third kappa shape index (κ3) is 33.6. The van der Waals surface area contributed by atoms with E-state index in [4.69, 9.17) is 32.8 Å². The van der Waals surface area contributed by atoms with Crippen LogP contribution in [0.5, 0.6) is 0 Å². The SMILES string of the molecule is C.C.C.CC(C)(C)[Si](C)(C)OS(=O)(=O)C(F)(F)F.CCC[C@@H]1OC(C)(C)O[C@@H]1C(/C=C\[C@@H](C)C(C)C)O[Si](C)(C)C(C)(C)C.CCC[C@@H]1OC(C)(C)O[C@@H]1C(O)/C=C\[C@@H](C)C(C)C.CCC[C@@H]1OC(C)(C)O[C@@H]1C(O)C#C[C@@H](C)C(C)C.Cc1cccc(C)n1. The second kappa shape index (κ2) is 39.9. The number of pyridine rings is 1. The Balaban J connectivity index is -0.000000527. The summed E-state index contributed by atoms with van der Waals surface area (Å²) in [6, 6.07) is 6.00. The van der Waals surface area contributed by atoms with Crippen LogP contribution in [0.4, 0.5) is 13.2 Å². The van der Waals surface area contributed by atoms with Crippen molar-refractivity contribution in [2.45, 2.75) is 355 Å². The molecule has 0 amide bonds. The molecule has 1 aromatic rings. The fourth-order valence-corrected chi connectivity index (χ4v) is 13.2. The van der Waals surface area contributed by atoms with Gasteiger partial charge in [0.2, 0.25) is 8.32 Å². The lowest BCUT2D eigenvalue weighted by molar-refractivity contribution is -0.153. The molecule has 2 N–H and O–H groups in total. The van der Waals surface area contributed by atoms with Gasteiger partial charge in [0.25, 0.3) is 0 Å². The van der Waals surface area contributed by atoms with Gasteiger partial charge in [-0.1, -0.05) is 208 Å². The van der Waals surface area contributed by atoms with Gasteiger partial charge in [0.15, 0.2) is 25.7 Å². The topological polar surface area (TPSA) is 161 Å². The molecule has 0 spiro atoms. The number of aliphatic hydroxyl groups excluding tert-OH is 2. The second-order valence-electron chi connectivity index (χ2n) is 29.5. The van der Waals surface area contributed by atoms with Gasteiger partial charge >= 0.3 is 15.6 Å². The molecule has 4 rings (SSSR count). The van der Waals surface area contributed by atoms with E-state index < -0.39 is 66.9 Å². The molecule has 12 atom stereocenters. The molecule has 0 radical (unpaired) electrons. The zero-order valence-corrected chi connectivity index (χ0v) is 62.7. The minimum absolute atomic E-state index is 0. The number of alkyl halides is 3. The number of aryl methyl sites for hydroxylation is 2. The van der Waals surface area contributed by atoms with E-state index in [1.54, 1.807) is 20.8 Å². The Morgan fingerprint density at radius 2 is 0.933 bits per heavy atom. The van der Waals surface area contributed by atoms with Crippen molar-refractivity contribution in [3.8, 4) is 11.8 Å². The Morgan fingerprint density at radius 1 is 0.578 bits per heavy atom. The molecule has 3 aliphatic heterocycles. The van der Waals surface area contributed by atoms with Crippen molar-refractivity contribution < 1.29 is 68.5 Å². The van der Waals surface area contributed by atoms with Crippen molar-refractivity contribution in [3.05, 3.63) is 53.9 Å². The van der Waals surface area contributed by atoms with Crippen LogP contribution in [0.25, 0.3) is 0 Å².